The maximum Gasteiger partial charge on any atom is 0.317 e. The summed E-state index contributed by atoms with van der Waals surface area (Å²) in [5.41, 5.74) is 0. The van der Waals surface area contributed by atoms with Crippen molar-refractivity contribution < 1.29 is 13.2 Å². The Kier molecular flexibility index (Phi) is 1.54. The third kappa shape index (κ3) is 1.16. The molecular formula is C6H10N2O3S. The van der Waals surface area contributed by atoms with Crippen LogP contribution < -0.4 is 5.32 Å². The number of nitrogens with zero attached hydrogens (tertiary/aromatic N) is 1. The van der Waals surface area contributed by atoms with E-state index < -0.39 is 9.84 Å². The van der Waals surface area contributed by atoms with Gasteiger partial charge < -0.3 is 10.2 Å². The molecule has 0 spiro atoms. The molecule has 0 radical (unpaired) electrons. The highest BCUT2D eigenvalue weighted by Gasteiger charge is 2.38. The summed E-state index contributed by atoms with van der Waals surface area (Å²) in [5, 5.41) is 2.62. The molecule has 5 nitrogen and oxygen atoms in total. The standard InChI is InChI=1S/C6H10N2O3S/c9-6-7-3-5-4-12(10,11)2-1-8(5)6/h5H,1-4H2,(H,7,9). The molecule has 1 atom stereocenters. The van der Waals surface area contributed by atoms with Crippen LogP contribution in [-0.4, -0.2) is 50.0 Å². The molecule has 2 aliphatic heterocycles. The van der Waals surface area contributed by atoms with Crippen LogP contribution in [0.25, 0.3) is 0 Å². The third-order valence-corrected chi connectivity index (χ3v) is 3.98. The first-order valence-electron chi connectivity index (χ1n) is 3.83. The van der Waals surface area contributed by atoms with Crippen molar-refractivity contribution in [3.8, 4) is 0 Å². The summed E-state index contributed by atoms with van der Waals surface area (Å²) in [6.45, 7) is 0.816. The van der Waals surface area contributed by atoms with E-state index in [1.54, 1.807) is 4.90 Å². The van der Waals surface area contributed by atoms with Crippen molar-refractivity contribution in [1.82, 2.24) is 10.2 Å². The Morgan fingerprint density at radius 2 is 2.25 bits per heavy atom. The number of urea groups is 1. The van der Waals surface area contributed by atoms with Crippen molar-refractivity contribution in [3.63, 3.8) is 0 Å². The molecule has 0 aliphatic carbocycles. The molecule has 1 N–H and O–H groups in total. The lowest BCUT2D eigenvalue weighted by molar-refractivity contribution is 0.208. The molecule has 2 fully saturated rings. The highest BCUT2D eigenvalue weighted by molar-refractivity contribution is 7.91. The summed E-state index contributed by atoms with van der Waals surface area (Å²) in [6, 6.07) is -0.258. The fourth-order valence-corrected chi connectivity index (χ4v) is 3.16. The highest BCUT2D eigenvalue weighted by Crippen LogP contribution is 2.15. The SMILES string of the molecule is O=C1NCC2CS(=O)(=O)CCN12. The fraction of sp³-hybridized carbons (Fsp3) is 0.833. The number of carbonyl (C=O) groups is 1. The zero-order chi connectivity index (χ0) is 8.77. The van der Waals surface area contributed by atoms with Crippen molar-refractivity contribution in [1.29, 1.82) is 0 Å². The van der Waals surface area contributed by atoms with Crippen molar-refractivity contribution in [2.45, 2.75) is 6.04 Å². The van der Waals surface area contributed by atoms with Gasteiger partial charge in [0.25, 0.3) is 0 Å². The van der Waals surface area contributed by atoms with E-state index in [-0.39, 0.29) is 23.6 Å². The van der Waals surface area contributed by atoms with Gasteiger partial charge in [0.2, 0.25) is 0 Å². The molecule has 2 saturated heterocycles. The number of hydrogen-bond donors (Lipinski definition) is 1. The molecule has 1 unspecified atom stereocenters. The van der Waals surface area contributed by atoms with E-state index in [1.165, 1.54) is 0 Å². The maximum atomic E-state index is 11.1. The van der Waals surface area contributed by atoms with Gasteiger partial charge in [0.15, 0.2) is 9.84 Å². The molecule has 6 heteroatoms. The van der Waals surface area contributed by atoms with Gasteiger partial charge in [0.05, 0.1) is 17.5 Å². The predicted octanol–water partition coefficient (Wildman–Crippen LogP) is -1.19. The first-order chi connectivity index (χ1) is 5.58. The molecule has 0 saturated carbocycles. The zero-order valence-corrected chi connectivity index (χ0v) is 7.30. The van der Waals surface area contributed by atoms with Gasteiger partial charge in [-0.15, -0.1) is 0 Å². The molecule has 0 bridgehead atoms. The van der Waals surface area contributed by atoms with Gasteiger partial charge in [0.1, 0.15) is 0 Å². The van der Waals surface area contributed by atoms with Crippen LogP contribution in [-0.2, 0) is 9.84 Å². The van der Waals surface area contributed by atoms with E-state index in [2.05, 4.69) is 5.32 Å². The number of rotatable bonds is 0. The normalized spacial score (nSPS) is 32.8. The van der Waals surface area contributed by atoms with E-state index in [9.17, 15) is 13.2 Å². The fourth-order valence-electron chi connectivity index (χ4n) is 1.63. The predicted molar refractivity (Wildman–Crippen MR) is 42.5 cm³/mol. The van der Waals surface area contributed by atoms with Crippen molar-refractivity contribution in [2.24, 2.45) is 0 Å². The molecule has 2 amide bonds. The molecule has 2 aliphatic rings. The van der Waals surface area contributed by atoms with Crippen LogP contribution >= 0.6 is 0 Å². The summed E-state index contributed by atoms with van der Waals surface area (Å²) < 4.78 is 22.3. The van der Waals surface area contributed by atoms with Crippen molar-refractivity contribution in [2.75, 3.05) is 24.6 Å². The molecular weight excluding hydrogens is 180 g/mol. The minimum Gasteiger partial charge on any atom is -0.336 e. The van der Waals surface area contributed by atoms with Gasteiger partial charge in [-0.25, -0.2) is 13.2 Å². The second-order valence-corrected chi connectivity index (χ2v) is 5.38. The second-order valence-electron chi connectivity index (χ2n) is 3.15. The Labute approximate surface area is 70.6 Å². The molecule has 2 heterocycles. The summed E-state index contributed by atoms with van der Waals surface area (Å²) in [6.07, 6.45) is 0. The minimum atomic E-state index is -2.89. The van der Waals surface area contributed by atoms with Crippen molar-refractivity contribution in [3.05, 3.63) is 0 Å². The van der Waals surface area contributed by atoms with Crippen LogP contribution in [0, 0.1) is 0 Å². The van der Waals surface area contributed by atoms with Gasteiger partial charge in [-0.2, -0.15) is 0 Å². The van der Waals surface area contributed by atoms with Crippen LogP contribution in [0.2, 0.25) is 0 Å². The monoisotopic (exact) mass is 190 g/mol. The molecule has 2 rings (SSSR count). The van der Waals surface area contributed by atoms with Crippen LogP contribution in [0.3, 0.4) is 0 Å². The summed E-state index contributed by atoms with van der Waals surface area (Å²) >= 11 is 0. The lowest BCUT2D eigenvalue weighted by atomic mass is 10.3. The Bertz CT molecular complexity index is 311. The van der Waals surface area contributed by atoms with E-state index >= 15 is 0 Å². The Balaban J connectivity index is 2.20. The minimum absolute atomic E-state index is 0.108. The first-order valence-corrected chi connectivity index (χ1v) is 5.65. The van der Waals surface area contributed by atoms with E-state index in [4.69, 9.17) is 0 Å². The van der Waals surface area contributed by atoms with Crippen LogP contribution in [0.5, 0.6) is 0 Å². The van der Waals surface area contributed by atoms with E-state index in [0.29, 0.717) is 13.1 Å². The van der Waals surface area contributed by atoms with Crippen molar-refractivity contribution >= 4 is 15.9 Å². The van der Waals surface area contributed by atoms with Crippen LogP contribution in [0.4, 0.5) is 4.79 Å². The lowest BCUT2D eigenvalue weighted by Crippen LogP contribution is -2.47. The quantitative estimate of drug-likeness (QED) is 0.522. The molecule has 0 aromatic heterocycles. The molecule has 0 aromatic carbocycles. The van der Waals surface area contributed by atoms with E-state index in [1.807, 2.05) is 0 Å². The largest absolute Gasteiger partial charge is 0.336 e. The summed E-state index contributed by atoms with van der Waals surface area (Å²) in [5.74, 6) is 0.225. The number of sulfone groups is 1. The van der Waals surface area contributed by atoms with Crippen LogP contribution in [0.15, 0.2) is 0 Å². The Morgan fingerprint density at radius 3 is 3.00 bits per heavy atom. The smallest absolute Gasteiger partial charge is 0.317 e. The number of amides is 2. The molecule has 68 valence electrons. The van der Waals surface area contributed by atoms with Gasteiger partial charge in [-0.3, -0.25) is 0 Å². The maximum absolute atomic E-state index is 11.1. The molecule has 12 heavy (non-hydrogen) atoms. The topological polar surface area (TPSA) is 66.5 Å². The average Bonchev–Trinajstić information content (AvgIpc) is 2.30. The highest BCUT2D eigenvalue weighted by atomic mass is 32.2. The van der Waals surface area contributed by atoms with Gasteiger partial charge in [-0.05, 0) is 0 Å². The third-order valence-electron chi connectivity index (χ3n) is 2.28. The summed E-state index contributed by atoms with van der Waals surface area (Å²) in [4.78, 5) is 12.6. The first kappa shape index (κ1) is 7.85. The van der Waals surface area contributed by atoms with Crippen LogP contribution in [0.1, 0.15) is 0 Å². The van der Waals surface area contributed by atoms with Gasteiger partial charge in [0, 0.05) is 13.1 Å². The molecule has 0 aromatic rings. The number of nitrogens with one attached hydrogen (secondary N) is 1. The summed E-state index contributed by atoms with van der Waals surface area (Å²) in [7, 11) is -2.89. The lowest BCUT2D eigenvalue weighted by Gasteiger charge is -2.27. The number of fused-ring (bicyclic) bond motifs is 1. The average molecular weight is 190 g/mol. The number of hydrogen-bond acceptors (Lipinski definition) is 3. The van der Waals surface area contributed by atoms with E-state index in [0.717, 1.165) is 0 Å². The number of carbonyl (C=O) groups excluding carboxylic acids is 1. The van der Waals surface area contributed by atoms with Gasteiger partial charge >= 0.3 is 6.03 Å². The Hall–Kier alpha value is -0.780. The Morgan fingerprint density at radius 1 is 1.50 bits per heavy atom. The van der Waals surface area contributed by atoms with Gasteiger partial charge in [-0.1, -0.05) is 0 Å². The zero-order valence-electron chi connectivity index (χ0n) is 6.49. The second kappa shape index (κ2) is 2.35.